The van der Waals surface area contributed by atoms with Gasteiger partial charge < -0.3 is 10.0 Å². The third kappa shape index (κ3) is 4.97. The first-order chi connectivity index (χ1) is 18.7. The van der Waals surface area contributed by atoms with Crippen molar-refractivity contribution < 1.29 is 27.5 Å². The van der Waals surface area contributed by atoms with Gasteiger partial charge in [0.1, 0.15) is 5.82 Å². The largest absolute Gasteiger partial charge is 0.477 e. The average molecular weight is 546 g/mol. The van der Waals surface area contributed by atoms with E-state index in [2.05, 4.69) is 9.88 Å². The van der Waals surface area contributed by atoms with Gasteiger partial charge in [0.25, 0.3) is 0 Å². The zero-order valence-electron chi connectivity index (χ0n) is 21.5. The number of piperidine rings is 2. The highest BCUT2D eigenvalue weighted by Gasteiger charge is 2.43. The number of likely N-dealkylation sites (tertiary alicyclic amines) is 1. The van der Waals surface area contributed by atoms with Crippen molar-refractivity contribution in [3.05, 3.63) is 47.5 Å². The molecular formula is C28H31F4N5O2. The molecule has 2 saturated heterocycles. The SMILES string of the molecule is O=C(O)c1cc(N2CCC(N3CCCC(C(F)(F)F)C3)CC2)c2c(C3CCC3)nn(-c3ccc(F)cc3)c2n1. The zero-order valence-corrected chi connectivity index (χ0v) is 21.5. The number of benzene rings is 1. The molecule has 0 bridgehead atoms. The van der Waals surface area contributed by atoms with Gasteiger partial charge in [-0.25, -0.2) is 18.9 Å². The lowest BCUT2D eigenvalue weighted by molar-refractivity contribution is -0.188. The van der Waals surface area contributed by atoms with E-state index < -0.39 is 18.1 Å². The van der Waals surface area contributed by atoms with Gasteiger partial charge in [-0.2, -0.15) is 18.3 Å². The molecule has 0 radical (unpaired) electrons. The number of hydrogen-bond acceptors (Lipinski definition) is 5. The van der Waals surface area contributed by atoms with E-state index in [0.29, 0.717) is 50.2 Å². The molecule has 39 heavy (non-hydrogen) atoms. The van der Waals surface area contributed by atoms with Crippen molar-refractivity contribution in [2.45, 2.75) is 63.1 Å². The highest BCUT2D eigenvalue weighted by atomic mass is 19.4. The van der Waals surface area contributed by atoms with Crippen LogP contribution in [0, 0.1) is 11.7 Å². The van der Waals surface area contributed by atoms with Crippen molar-refractivity contribution in [3.8, 4) is 5.69 Å². The van der Waals surface area contributed by atoms with E-state index in [9.17, 15) is 27.5 Å². The molecule has 1 N–H and O–H groups in total. The third-order valence-corrected chi connectivity index (χ3v) is 8.66. The van der Waals surface area contributed by atoms with Gasteiger partial charge in [-0.15, -0.1) is 0 Å². The van der Waals surface area contributed by atoms with Crippen LogP contribution in [-0.4, -0.2) is 69.1 Å². The van der Waals surface area contributed by atoms with Gasteiger partial charge in [0.15, 0.2) is 11.3 Å². The van der Waals surface area contributed by atoms with Crippen LogP contribution in [0.4, 0.5) is 23.2 Å². The number of aromatic nitrogens is 3. The quantitative estimate of drug-likeness (QED) is 0.411. The number of aromatic carboxylic acids is 1. The van der Waals surface area contributed by atoms with Crippen molar-refractivity contribution in [1.82, 2.24) is 19.7 Å². The summed E-state index contributed by atoms with van der Waals surface area (Å²) in [4.78, 5) is 20.7. The number of alkyl halides is 3. The van der Waals surface area contributed by atoms with Crippen molar-refractivity contribution in [3.63, 3.8) is 0 Å². The van der Waals surface area contributed by atoms with Crippen molar-refractivity contribution in [2.24, 2.45) is 5.92 Å². The highest BCUT2D eigenvalue weighted by molar-refractivity contribution is 5.98. The Bertz CT molecular complexity index is 1360. The van der Waals surface area contributed by atoms with Crippen LogP contribution in [0.15, 0.2) is 30.3 Å². The lowest BCUT2D eigenvalue weighted by atomic mass is 9.82. The summed E-state index contributed by atoms with van der Waals surface area (Å²) < 4.78 is 55.4. The Labute approximate surface area is 223 Å². The van der Waals surface area contributed by atoms with Crippen molar-refractivity contribution >= 4 is 22.7 Å². The van der Waals surface area contributed by atoms with Crippen molar-refractivity contribution in [2.75, 3.05) is 31.1 Å². The zero-order chi connectivity index (χ0) is 27.3. The molecule has 1 atom stereocenters. The second-order valence-corrected chi connectivity index (χ2v) is 11.0. The molecule has 7 nitrogen and oxygen atoms in total. The molecule has 1 aromatic carbocycles. The predicted octanol–water partition coefficient (Wildman–Crippen LogP) is 5.77. The summed E-state index contributed by atoms with van der Waals surface area (Å²) in [5.74, 6) is -2.58. The van der Waals surface area contributed by atoms with E-state index >= 15 is 0 Å². The van der Waals surface area contributed by atoms with Crippen LogP contribution < -0.4 is 4.90 Å². The molecule has 208 valence electrons. The monoisotopic (exact) mass is 545 g/mol. The predicted molar refractivity (Wildman–Crippen MR) is 138 cm³/mol. The minimum atomic E-state index is -4.17. The van der Waals surface area contributed by atoms with Crippen LogP contribution in [0.1, 0.15) is 67.0 Å². The topological polar surface area (TPSA) is 74.5 Å². The first kappa shape index (κ1) is 26.0. The number of fused-ring (bicyclic) bond motifs is 1. The Kier molecular flexibility index (Phi) is 6.73. The summed E-state index contributed by atoms with van der Waals surface area (Å²) in [5.41, 5.74) is 2.52. The first-order valence-electron chi connectivity index (χ1n) is 13.7. The Balaban J connectivity index is 1.34. The number of rotatable bonds is 5. The Morgan fingerprint density at radius 3 is 2.31 bits per heavy atom. The van der Waals surface area contributed by atoms with Gasteiger partial charge in [0.2, 0.25) is 0 Å². The van der Waals surface area contributed by atoms with Crippen LogP contribution in [0.3, 0.4) is 0 Å². The highest BCUT2D eigenvalue weighted by Crippen LogP contribution is 2.43. The van der Waals surface area contributed by atoms with Crippen LogP contribution in [0.5, 0.6) is 0 Å². The maximum Gasteiger partial charge on any atom is 0.393 e. The maximum atomic E-state index is 13.6. The number of pyridine rings is 1. The standard InChI is InChI=1S/C28H31F4N5O2/c29-19-6-8-21(9-7-19)37-26-24(25(34-37)17-3-1-4-17)23(15-22(33-26)27(38)39)35-13-10-20(11-14-35)36-12-2-5-18(16-36)28(30,31)32/h6-9,15,17-18,20H,1-5,10-14,16H2,(H,38,39). The average Bonchev–Trinajstić information content (AvgIpc) is 3.26. The van der Waals surface area contributed by atoms with Crippen LogP contribution in [0.25, 0.3) is 16.7 Å². The molecule has 2 aliphatic heterocycles. The summed E-state index contributed by atoms with van der Waals surface area (Å²) in [6, 6.07) is 7.53. The molecule has 1 saturated carbocycles. The summed E-state index contributed by atoms with van der Waals surface area (Å²) in [5, 5.41) is 15.6. The van der Waals surface area contributed by atoms with E-state index in [-0.39, 0.29) is 36.4 Å². The van der Waals surface area contributed by atoms with E-state index in [4.69, 9.17) is 5.10 Å². The second-order valence-electron chi connectivity index (χ2n) is 11.0. The Morgan fingerprint density at radius 1 is 0.974 bits per heavy atom. The maximum absolute atomic E-state index is 13.6. The fourth-order valence-electron chi connectivity index (χ4n) is 6.29. The van der Waals surface area contributed by atoms with Crippen LogP contribution in [0.2, 0.25) is 0 Å². The fraction of sp³-hybridized carbons (Fsp3) is 0.536. The van der Waals surface area contributed by atoms with E-state index in [1.165, 1.54) is 12.1 Å². The molecule has 3 fully saturated rings. The number of hydrogen-bond donors (Lipinski definition) is 1. The molecule has 1 aliphatic carbocycles. The molecule has 11 heteroatoms. The minimum absolute atomic E-state index is 0.0487. The molecule has 3 aromatic rings. The first-order valence-corrected chi connectivity index (χ1v) is 13.7. The number of carbonyl (C=O) groups is 1. The Morgan fingerprint density at radius 2 is 1.69 bits per heavy atom. The number of carboxylic acid groups (broad SMARTS) is 1. The summed E-state index contributed by atoms with van der Waals surface area (Å²) in [6.07, 6.45) is 1.01. The fourth-order valence-corrected chi connectivity index (χ4v) is 6.29. The molecule has 6 rings (SSSR count). The Hall–Kier alpha value is -3.21. The van der Waals surface area contributed by atoms with Crippen LogP contribution >= 0.6 is 0 Å². The van der Waals surface area contributed by atoms with Gasteiger partial charge in [-0.3, -0.25) is 4.90 Å². The van der Waals surface area contributed by atoms with E-state index in [1.807, 2.05) is 4.90 Å². The number of anilines is 1. The molecule has 4 heterocycles. The third-order valence-electron chi connectivity index (χ3n) is 8.66. The number of halogens is 4. The molecule has 2 aromatic heterocycles. The summed E-state index contributed by atoms with van der Waals surface area (Å²) >= 11 is 0. The van der Waals surface area contributed by atoms with E-state index in [1.54, 1.807) is 22.9 Å². The molecule has 0 amide bonds. The molecular weight excluding hydrogens is 514 g/mol. The van der Waals surface area contributed by atoms with Gasteiger partial charge in [-0.05, 0) is 75.4 Å². The van der Waals surface area contributed by atoms with Crippen molar-refractivity contribution in [1.29, 1.82) is 0 Å². The second kappa shape index (κ2) is 10.1. The van der Waals surface area contributed by atoms with Gasteiger partial charge in [-0.1, -0.05) is 6.42 Å². The molecule has 3 aliphatic rings. The van der Waals surface area contributed by atoms with Crippen LogP contribution in [-0.2, 0) is 0 Å². The van der Waals surface area contributed by atoms with E-state index in [0.717, 1.165) is 36.0 Å². The molecule has 1 unspecified atom stereocenters. The molecule has 0 spiro atoms. The summed E-state index contributed by atoms with van der Waals surface area (Å²) in [7, 11) is 0. The number of carboxylic acids is 1. The number of nitrogens with zero attached hydrogens (tertiary/aromatic N) is 5. The lowest BCUT2D eigenvalue weighted by Crippen LogP contribution is -2.50. The normalized spacial score (nSPS) is 21.8. The smallest absolute Gasteiger partial charge is 0.393 e. The summed E-state index contributed by atoms with van der Waals surface area (Å²) in [6.45, 7) is 1.92. The lowest BCUT2D eigenvalue weighted by Gasteiger charge is -2.43. The van der Waals surface area contributed by atoms with Gasteiger partial charge in [0, 0.05) is 31.6 Å². The minimum Gasteiger partial charge on any atom is -0.477 e. The van der Waals surface area contributed by atoms with Gasteiger partial charge in [0.05, 0.1) is 28.4 Å². The van der Waals surface area contributed by atoms with Gasteiger partial charge >= 0.3 is 12.1 Å².